The zero-order valence-electron chi connectivity index (χ0n) is 8.17. The lowest BCUT2D eigenvalue weighted by molar-refractivity contribution is 1.44. The average molecular weight is 216 g/mol. The van der Waals surface area contributed by atoms with E-state index >= 15 is 0 Å². The molecule has 0 aliphatic carbocycles. The minimum Gasteiger partial charge on any atom is -0.397 e. The summed E-state index contributed by atoms with van der Waals surface area (Å²) in [5, 5.41) is 0. The topological polar surface area (TPSA) is 29.3 Å². The molecule has 2 aromatic carbocycles. The Morgan fingerprint density at radius 1 is 0.867 bits per heavy atom. The SMILES string of the molecule is Nc1ccccc1N(S)c1ccccc1. The molecule has 2 rings (SSSR count). The number of thiol groups is 1. The van der Waals surface area contributed by atoms with Crippen molar-refractivity contribution in [1.82, 2.24) is 0 Å². The number of hydrogen-bond donors (Lipinski definition) is 2. The Kier molecular flexibility index (Phi) is 2.83. The standard InChI is InChI=1S/C12H12N2S/c13-11-8-4-5-9-12(11)14(15)10-6-2-1-3-7-10/h1-9,15H,13H2. The van der Waals surface area contributed by atoms with Crippen molar-refractivity contribution in [1.29, 1.82) is 0 Å². The van der Waals surface area contributed by atoms with Crippen molar-refractivity contribution in [3.63, 3.8) is 0 Å². The third kappa shape index (κ3) is 2.07. The van der Waals surface area contributed by atoms with Gasteiger partial charge in [0.15, 0.2) is 0 Å². The van der Waals surface area contributed by atoms with E-state index in [9.17, 15) is 0 Å². The molecule has 0 bridgehead atoms. The van der Waals surface area contributed by atoms with Crippen LogP contribution >= 0.6 is 12.8 Å². The molecule has 0 spiro atoms. The monoisotopic (exact) mass is 216 g/mol. The van der Waals surface area contributed by atoms with Crippen LogP contribution < -0.4 is 10.0 Å². The Labute approximate surface area is 94.9 Å². The lowest BCUT2D eigenvalue weighted by Crippen LogP contribution is -2.04. The van der Waals surface area contributed by atoms with Crippen LogP contribution in [0.1, 0.15) is 0 Å². The van der Waals surface area contributed by atoms with E-state index in [1.54, 1.807) is 4.31 Å². The fourth-order valence-electron chi connectivity index (χ4n) is 1.39. The fraction of sp³-hybridized carbons (Fsp3) is 0. The van der Waals surface area contributed by atoms with Crippen LogP contribution in [0.4, 0.5) is 17.1 Å². The van der Waals surface area contributed by atoms with Crippen LogP contribution in [0.15, 0.2) is 54.6 Å². The van der Waals surface area contributed by atoms with Gasteiger partial charge in [-0.15, -0.1) is 0 Å². The summed E-state index contributed by atoms with van der Waals surface area (Å²) in [6.45, 7) is 0. The number of nitrogen functional groups attached to an aromatic ring is 1. The maximum absolute atomic E-state index is 5.87. The van der Waals surface area contributed by atoms with Crippen molar-refractivity contribution in [3.05, 3.63) is 54.6 Å². The summed E-state index contributed by atoms with van der Waals surface area (Å²) in [6.07, 6.45) is 0. The van der Waals surface area contributed by atoms with Crippen LogP contribution in [0.2, 0.25) is 0 Å². The van der Waals surface area contributed by atoms with Crippen molar-refractivity contribution in [2.45, 2.75) is 0 Å². The zero-order valence-corrected chi connectivity index (χ0v) is 9.06. The summed E-state index contributed by atoms with van der Waals surface area (Å²) in [6, 6.07) is 17.5. The van der Waals surface area contributed by atoms with Gasteiger partial charge in [0.25, 0.3) is 0 Å². The summed E-state index contributed by atoms with van der Waals surface area (Å²) >= 11 is 4.43. The Hall–Kier alpha value is -1.61. The summed E-state index contributed by atoms with van der Waals surface area (Å²) in [7, 11) is 0. The highest BCUT2D eigenvalue weighted by atomic mass is 32.1. The lowest BCUT2D eigenvalue weighted by Gasteiger charge is -2.19. The molecule has 0 amide bonds. The van der Waals surface area contributed by atoms with Gasteiger partial charge in [0.1, 0.15) is 0 Å². The Bertz CT molecular complexity index is 442. The van der Waals surface area contributed by atoms with Crippen LogP contribution in [-0.2, 0) is 0 Å². The van der Waals surface area contributed by atoms with Crippen LogP contribution in [0, 0.1) is 0 Å². The molecule has 0 aliphatic heterocycles. The molecule has 0 radical (unpaired) electrons. The number of benzene rings is 2. The third-order valence-corrected chi connectivity index (χ3v) is 2.61. The Morgan fingerprint density at radius 2 is 1.47 bits per heavy atom. The molecular formula is C12H12N2S. The van der Waals surface area contributed by atoms with Gasteiger partial charge in [0.05, 0.1) is 17.1 Å². The van der Waals surface area contributed by atoms with Gasteiger partial charge in [-0.1, -0.05) is 43.1 Å². The van der Waals surface area contributed by atoms with E-state index in [1.165, 1.54) is 0 Å². The highest BCUT2D eigenvalue weighted by Crippen LogP contribution is 2.31. The summed E-state index contributed by atoms with van der Waals surface area (Å²) in [5.41, 5.74) is 8.48. The maximum Gasteiger partial charge on any atom is 0.0752 e. The number of hydrogen-bond acceptors (Lipinski definition) is 3. The Balaban J connectivity index is 2.37. The summed E-state index contributed by atoms with van der Waals surface area (Å²) < 4.78 is 1.77. The zero-order chi connectivity index (χ0) is 10.7. The van der Waals surface area contributed by atoms with Gasteiger partial charge in [-0.05, 0) is 24.3 Å². The second kappa shape index (κ2) is 4.28. The minimum absolute atomic E-state index is 0.719. The molecule has 0 unspecified atom stereocenters. The minimum atomic E-state index is 0.719. The number of nitrogens with zero attached hydrogens (tertiary/aromatic N) is 1. The largest absolute Gasteiger partial charge is 0.397 e. The third-order valence-electron chi connectivity index (χ3n) is 2.17. The van der Waals surface area contributed by atoms with E-state index in [0.29, 0.717) is 0 Å². The van der Waals surface area contributed by atoms with E-state index in [1.807, 2.05) is 54.6 Å². The molecule has 0 saturated carbocycles. The van der Waals surface area contributed by atoms with Gasteiger partial charge < -0.3 is 5.73 Å². The smallest absolute Gasteiger partial charge is 0.0752 e. The number of anilines is 3. The first-order valence-electron chi connectivity index (χ1n) is 4.67. The van der Waals surface area contributed by atoms with Gasteiger partial charge in [0.2, 0.25) is 0 Å². The quantitative estimate of drug-likeness (QED) is 0.596. The first kappa shape index (κ1) is 9.93. The molecule has 0 fully saturated rings. The second-order valence-electron chi connectivity index (χ2n) is 3.21. The van der Waals surface area contributed by atoms with Crippen LogP contribution in [0.3, 0.4) is 0 Å². The normalized spacial score (nSPS) is 9.93. The van der Waals surface area contributed by atoms with E-state index < -0.39 is 0 Å². The first-order valence-corrected chi connectivity index (χ1v) is 5.07. The highest BCUT2D eigenvalue weighted by Gasteiger charge is 2.06. The van der Waals surface area contributed by atoms with Crippen LogP contribution in [0.5, 0.6) is 0 Å². The van der Waals surface area contributed by atoms with Crippen molar-refractivity contribution in [3.8, 4) is 0 Å². The van der Waals surface area contributed by atoms with Crippen molar-refractivity contribution < 1.29 is 0 Å². The van der Waals surface area contributed by atoms with Gasteiger partial charge >= 0.3 is 0 Å². The highest BCUT2D eigenvalue weighted by molar-refractivity contribution is 7.82. The molecule has 0 saturated heterocycles. The predicted molar refractivity (Wildman–Crippen MR) is 68.4 cm³/mol. The second-order valence-corrected chi connectivity index (χ2v) is 3.61. The molecule has 0 aliphatic rings. The summed E-state index contributed by atoms with van der Waals surface area (Å²) in [5.74, 6) is 0. The average Bonchev–Trinajstić information content (AvgIpc) is 2.30. The molecule has 0 heterocycles. The fourth-order valence-corrected chi connectivity index (χ4v) is 1.70. The maximum atomic E-state index is 5.87. The lowest BCUT2D eigenvalue weighted by atomic mass is 10.2. The van der Waals surface area contributed by atoms with Gasteiger partial charge in [-0.3, -0.25) is 4.31 Å². The summed E-state index contributed by atoms with van der Waals surface area (Å²) in [4.78, 5) is 0. The van der Waals surface area contributed by atoms with Crippen molar-refractivity contribution in [2.24, 2.45) is 0 Å². The van der Waals surface area contributed by atoms with Gasteiger partial charge in [-0.25, -0.2) is 0 Å². The van der Waals surface area contributed by atoms with Gasteiger partial charge in [0, 0.05) is 0 Å². The van der Waals surface area contributed by atoms with E-state index in [-0.39, 0.29) is 0 Å². The van der Waals surface area contributed by atoms with Crippen molar-refractivity contribution >= 4 is 29.9 Å². The van der Waals surface area contributed by atoms with Crippen molar-refractivity contribution in [2.75, 3.05) is 10.0 Å². The molecule has 2 aromatic rings. The van der Waals surface area contributed by atoms with Crippen LogP contribution in [0.25, 0.3) is 0 Å². The molecule has 3 heteroatoms. The molecule has 76 valence electrons. The predicted octanol–water partition coefficient (Wildman–Crippen LogP) is 3.25. The molecule has 0 aromatic heterocycles. The molecule has 0 atom stereocenters. The molecular weight excluding hydrogens is 204 g/mol. The number of para-hydroxylation sites is 3. The molecule has 15 heavy (non-hydrogen) atoms. The molecule has 2 nitrogen and oxygen atoms in total. The first-order chi connectivity index (χ1) is 7.29. The van der Waals surface area contributed by atoms with Crippen LogP contribution in [-0.4, -0.2) is 0 Å². The Morgan fingerprint density at radius 3 is 2.13 bits per heavy atom. The van der Waals surface area contributed by atoms with E-state index in [2.05, 4.69) is 12.8 Å². The van der Waals surface area contributed by atoms with E-state index in [0.717, 1.165) is 17.1 Å². The molecule has 2 N–H and O–H groups in total. The van der Waals surface area contributed by atoms with E-state index in [4.69, 9.17) is 5.73 Å². The van der Waals surface area contributed by atoms with Gasteiger partial charge in [-0.2, -0.15) is 0 Å². The number of nitrogens with two attached hydrogens (primary N) is 1. The number of rotatable bonds is 2.